The lowest BCUT2D eigenvalue weighted by atomic mass is 10.3. The van der Waals surface area contributed by atoms with Gasteiger partial charge in [-0.3, -0.25) is 0 Å². The average Bonchev–Trinajstić information content (AvgIpc) is 2.97. The molecule has 1 aliphatic rings. The lowest BCUT2D eigenvalue weighted by Crippen LogP contribution is -2.22. The van der Waals surface area contributed by atoms with Gasteiger partial charge in [0.2, 0.25) is 10.0 Å². The Labute approximate surface area is 128 Å². The molecule has 5 nitrogen and oxygen atoms in total. The number of thiophene rings is 1. The maximum atomic E-state index is 12.2. The van der Waals surface area contributed by atoms with E-state index in [4.69, 9.17) is 4.42 Å². The molecule has 0 bridgehead atoms. The second kappa shape index (κ2) is 5.92. The van der Waals surface area contributed by atoms with E-state index in [9.17, 15) is 8.42 Å². The summed E-state index contributed by atoms with van der Waals surface area (Å²) in [5.74, 6) is 1.39. The van der Waals surface area contributed by atoms with Crippen molar-refractivity contribution in [3.63, 3.8) is 0 Å². The van der Waals surface area contributed by atoms with Gasteiger partial charge in [0.05, 0.1) is 6.54 Å². The summed E-state index contributed by atoms with van der Waals surface area (Å²) in [6, 6.07) is 5.94. The molecule has 0 spiro atoms. The number of rotatable bonds is 7. The fourth-order valence-corrected chi connectivity index (χ4v) is 4.20. The van der Waals surface area contributed by atoms with Crippen molar-refractivity contribution in [1.29, 1.82) is 0 Å². The van der Waals surface area contributed by atoms with Gasteiger partial charge < -0.3 is 9.73 Å². The molecule has 21 heavy (non-hydrogen) atoms. The Morgan fingerprint density at radius 2 is 2.14 bits per heavy atom. The minimum absolute atomic E-state index is 0.170. The minimum Gasteiger partial charge on any atom is -0.465 e. The van der Waals surface area contributed by atoms with Crippen LogP contribution in [-0.2, 0) is 23.1 Å². The summed E-state index contributed by atoms with van der Waals surface area (Å²) in [5, 5.41) is 5.26. The topological polar surface area (TPSA) is 71.3 Å². The predicted octanol–water partition coefficient (Wildman–Crippen LogP) is 2.38. The van der Waals surface area contributed by atoms with Crippen LogP contribution < -0.4 is 10.0 Å². The van der Waals surface area contributed by atoms with Crippen LogP contribution in [0.15, 0.2) is 32.2 Å². The monoisotopic (exact) mass is 326 g/mol. The number of hydrogen-bond acceptors (Lipinski definition) is 5. The molecule has 0 aliphatic heterocycles. The Hall–Kier alpha value is -1.15. The largest absolute Gasteiger partial charge is 0.465 e. The SMILES string of the molecule is Cc1ccc(CNS(=O)(=O)c2cc(CNC3CC3)cs2)o1. The van der Waals surface area contributed by atoms with Crippen molar-refractivity contribution >= 4 is 21.4 Å². The summed E-state index contributed by atoms with van der Waals surface area (Å²) < 4.78 is 32.7. The molecule has 0 radical (unpaired) electrons. The van der Waals surface area contributed by atoms with E-state index in [0.717, 1.165) is 17.9 Å². The van der Waals surface area contributed by atoms with Gasteiger partial charge in [0.15, 0.2) is 0 Å². The number of aryl methyl sites for hydroxylation is 1. The standard InChI is InChI=1S/C14H18N2O3S2/c1-10-2-5-13(19-10)8-16-21(17,18)14-6-11(9-20-14)7-15-12-3-4-12/h2,5-6,9,12,15-16H,3-4,7-8H2,1H3. The maximum Gasteiger partial charge on any atom is 0.250 e. The fraction of sp³-hybridized carbons (Fsp3) is 0.429. The highest BCUT2D eigenvalue weighted by Gasteiger charge is 2.21. The lowest BCUT2D eigenvalue weighted by molar-refractivity contribution is 0.475. The van der Waals surface area contributed by atoms with E-state index >= 15 is 0 Å². The van der Waals surface area contributed by atoms with E-state index in [1.54, 1.807) is 12.1 Å². The van der Waals surface area contributed by atoms with Crippen LogP contribution in [0.1, 0.15) is 29.9 Å². The molecule has 2 heterocycles. The van der Waals surface area contributed by atoms with Crippen LogP contribution >= 0.6 is 11.3 Å². The van der Waals surface area contributed by atoms with E-state index in [-0.39, 0.29) is 6.54 Å². The zero-order chi connectivity index (χ0) is 14.9. The van der Waals surface area contributed by atoms with Crippen molar-refractivity contribution in [3.8, 4) is 0 Å². The smallest absolute Gasteiger partial charge is 0.250 e. The summed E-state index contributed by atoms with van der Waals surface area (Å²) in [5.41, 5.74) is 1.01. The van der Waals surface area contributed by atoms with Crippen LogP contribution in [0.3, 0.4) is 0 Å². The van der Waals surface area contributed by atoms with Crippen molar-refractivity contribution in [2.45, 2.75) is 43.1 Å². The first-order chi connectivity index (χ1) is 10.0. The third kappa shape index (κ3) is 3.94. The zero-order valence-corrected chi connectivity index (χ0v) is 13.4. The Balaban J connectivity index is 1.60. The van der Waals surface area contributed by atoms with Crippen molar-refractivity contribution < 1.29 is 12.8 Å². The second-order valence-electron chi connectivity index (χ2n) is 5.27. The summed E-state index contributed by atoms with van der Waals surface area (Å²) >= 11 is 1.25. The molecule has 2 N–H and O–H groups in total. The van der Waals surface area contributed by atoms with Crippen LogP contribution in [0.25, 0.3) is 0 Å². The van der Waals surface area contributed by atoms with Gasteiger partial charge in [-0.05, 0) is 48.9 Å². The van der Waals surface area contributed by atoms with Gasteiger partial charge in [0.1, 0.15) is 15.7 Å². The molecule has 0 atom stereocenters. The first-order valence-corrected chi connectivity index (χ1v) is 9.25. The summed E-state index contributed by atoms with van der Waals surface area (Å²) in [7, 11) is -3.47. The molecule has 7 heteroatoms. The second-order valence-corrected chi connectivity index (χ2v) is 8.17. The van der Waals surface area contributed by atoms with Crippen LogP contribution in [-0.4, -0.2) is 14.5 Å². The molecule has 0 aromatic carbocycles. The Morgan fingerprint density at radius 1 is 1.33 bits per heavy atom. The molecule has 0 unspecified atom stereocenters. The van der Waals surface area contributed by atoms with Gasteiger partial charge in [-0.1, -0.05) is 0 Å². The third-order valence-corrected chi connectivity index (χ3v) is 6.19. The van der Waals surface area contributed by atoms with E-state index in [2.05, 4.69) is 10.0 Å². The molecule has 0 amide bonds. The van der Waals surface area contributed by atoms with E-state index in [0.29, 0.717) is 16.0 Å². The molecular weight excluding hydrogens is 308 g/mol. The summed E-state index contributed by atoms with van der Waals surface area (Å²) in [6.45, 7) is 2.73. The van der Waals surface area contributed by atoms with Crippen molar-refractivity contribution in [1.82, 2.24) is 10.0 Å². The van der Waals surface area contributed by atoms with E-state index in [1.165, 1.54) is 24.2 Å². The highest BCUT2D eigenvalue weighted by molar-refractivity contribution is 7.91. The van der Waals surface area contributed by atoms with Gasteiger partial charge in [0, 0.05) is 12.6 Å². The zero-order valence-electron chi connectivity index (χ0n) is 11.8. The Kier molecular flexibility index (Phi) is 4.17. The van der Waals surface area contributed by atoms with Gasteiger partial charge in [-0.15, -0.1) is 11.3 Å². The normalized spacial score (nSPS) is 15.5. The molecule has 0 saturated heterocycles. The Morgan fingerprint density at radius 3 is 2.81 bits per heavy atom. The molecule has 1 saturated carbocycles. The summed E-state index contributed by atoms with van der Waals surface area (Å²) in [4.78, 5) is 0. The lowest BCUT2D eigenvalue weighted by Gasteiger charge is -2.02. The van der Waals surface area contributed by atoms with E-state index < -0.39 is 10.0 Å². The van der Waals surface area contributed by atoms with Crippen LogP contribution in [0.5, 0.6) is 0 Å². The molecule has 1 aliphatic carbocycles. The number of hydrogen-bond donors (Lipinski definition) is 2. The Bertz CT molecular complexity index is 714. The van der Waals surface area contributed by atoms with Crippen molar-refractivity contribution in [2.75, 3.05) is 0 Å². The number of nitrogens with one attached hydrogen (secondary N) is 2. The summed E-state index contributed by atoms with van der Waals surface area (Å²) in [6.07, 6.45) is 2.44. The molecule has 2 aromatic rings. The molecule has 1 fully saturated rings. The molecular formula is C14H18N2O3S2. The molecule has 2 aromatic heterocycles. The fourth-order valence-electron chi connectivity index (χ4n) is 1.95. The quantitative estimate of drug-likeness (QED) is 0.819. The first-order valence-electron chi connectivity index (χ1n) is 6.89. The number of furan rings is 1. The highest BCUT2D eigenvalue weighted by Crippen LogP contribution is 2.23. The first kappa shape index (κ1) is 14.8. The highest BCUT2D eigenvalue weighted by atomic mass is 32.2. The number of sulfonamides is 1. The van der Waals surface area contributed by atoms with Crippen LogP contribution in [0, 0.1) is 6.92 Å². The maximum absolute atomic E-state index is 12.2. The van der Waals surface area contributed by atoms with Gasteiger partial charge in [-0.25, -0.2) is 13.1 Å². The van der Waals surface area contributed by atoms with Crippen molar-refractivity contribution in [2.24, 2.45) is 0 Å². The molecule has 3 rings (SSSR count). The van der Waals surface area contributed by atoms with Crippen LogP contribution in [0.2, 0.25) is 0 Å². The van der Waals surface area contributed by atoms with E-state index in [1.807, 2.05) is 18.4 Å². The average molecular weight is 326 g/mol. The predicted molar refractivity (Wildman–Crippen MR) is 81.7 cm³/mol. The van der Waals surface area contributed by atoms with Gasteiger partial charge >= 0.3 is 0 Å². The van der Waals surface area contributed by atoms with Gasteiger partial charge in [0.25, 0.3) is 0 Å². The van der Waals surface area contributed by atoms with Gasteiger partial charge in [-0.2, -0.15) is 0 Å². The third-order valence-electron chi connectivity index (χ3n) is 3.30. The van der Waals surface area contributed by atoms with Crippen LogP contribution in [0.4, 0.5) is 0 Å². The minimum atomic E-state index is -3.47. The van der Waals surface area contributed by atoms with Crippen molar-refractivity contribution in [3.05, 3.63) is 40.7 Å². The molecule has 114 valence electrons.